The van der Waals surface area contributed by atoms with E-state index >= 15 is 4.79 Å². The van der Waals surface area contributed by atoms with Crippen LogP contribution in [-0.4, -0.2) is 244 Å². The number of rotatable bonds is 13. The van der Waals surface area contributed by atoms with Crippen molar-refractivity contribution in [1.82, 2.24) is 0 Å². The van der Waals surface area contributed by atoms with E-state index in [2.05, 4.69) is 33.8 Å². The number of fused-ring (bicyclic) bond motifs is 7. The van der Waals surface area contributed by atoms with Gasteiger partial charge in [-0.1, -0.05) is 46.3 Å². The Hall–Kier alpha value is -2.65. The van der Waals surface area contributed by atoms with Crippen LogP contribution in [0.2, 0.25) is 0 Å². The largest absolute Gasteiger partial charge is 0.481 e. The summed E-state index contributed by atoms with van der Waals surface area (Å²) in [6.45, 7) is 12.5. The highest BCUT2D eigenvalue weighted by molar-refractivity contribution is 5.79. The lowest BCUT2D eigenvalue weighted by Gasteiger charge is -2.71. The number of hydrogen-bond donors (Lipinski definition) is 14. The molecular formula is C56H88O26. The second-order valence-corrected chi connectivity index (χ2v) is 26.8. The fraction of sp³-hybridized carbons (Fsp3) is 0.911. The molecule has 0 spiro atoms. The predicted molar refractivity (Wildman–Crippen MR) is 274 cm³/mol. The zero-order valence-corrected chi connectivity index (χ0v) is 47.7. The summed E-state index contributed by atoms with van der Waals surface area (Å²) in [6.07, 6.45) is -32.1. The van der Waals surface area contributed by atoms with Crippen LogP contribution in [0.3, 0.4) is 0 Å². The summed E-state index contributed by atoms with van der Waals surface area (Å²) >= 11 is 0. The highest BCUT2D eigenvalue weighted by Crippen LogP contribution is 2.76. The molecule has 8 fully saturated rings. The molecule has 30 unspecified atom stereocenters. The van der Waals surface area contributed by atoms with E-state index in [1.807, 2.05) is 6.92 Å². The number of aliphatic hydroxyl groups is 13. The highest BCUT2D eigenvalue weighted by Gasteiger charge is 2.72. The molecule has 9 aliphatic rings. The highest BCUT2D eigenvalue weighted by atomic mass is 16.8. The van der Waals surface area contributed by atoms with Gasteiger partial charge in [0.25, 0.3) is 0 Å². The van der Waals surface area contributed by atoms with E-state index in [1.165, 1.54) is 13.8 Å². The van der Waals surface area contributed by atoms with Gasteiger partial charge >= 0.3 is 17.9 Å². The summed E-state index contributed by atoms with van der Waals surface area (Å²) < 4.78 is 52.5. The fourth-order valence-electron chi connectivity index (χ4n) is 16.5. The maximum Gasteiger partial charge on any atom is 0.315 e. The Kier molecular flexibility index (Phi) is 18.0. The molecule has 0 bridgehead atoms. The lowest BCUT2D eigenvalue weighted by molar-refractivity contribution is -0.373. The van der Waals surface area contributed by atoms with Crippen LogP contribution >= 0.6 is 0 Å². The van der Waals surface area contributed by atoms with Crippen molar-refractivity contribution < 1.29 is 129 Å². The number of carbonyl (C=O) groups is 3. The molecule has 4 aliphatic heterocycles. The predicted octanol–water partition coefficient (Wildman–Crippen LogP) is -2.40. The number of aliphatic carboxylic acids is 1. The third kappa shape index (κ3) is 10.5. The normalized spacial score (nSPS) is 52.8. The molecule has 0 aromatic carbocycles. The van der Waals surface area contributed by atoms with Crippen LogP contribution in [0.25, 0.3) is 0 Å². The van der Waals surface area contributed by atoms with Crippen molar-refractivity contribution in [1.29, 1.82) is 0 Å². The molecule has 82 heavy (non-hydrogen) atoms. The second-order valence-electron chi connectivity index (χ2n) is 26.8. The fourth-order valence-corrected chi connectivity index (χ4v) is 16.5. The molecule has 26 heteroatoms. The van der Waals surface area contributed by atoms with Crippen LogP contribution in [0.5, 0.6) is 0 Å². The Bertz CT molecular complexity index is 2360. The van der Waals surface area contributed by atoms with Gasteiger partial charge in [0.15, 0.2) is 25.0 Å². The van der Waals surface area contributed by atoms with Crippen molar-refractivity contribution in [2.45, 2.75) is 248 Å². The summed E-state index contributed by atoms with van der Waals surface area (Å²) in [5.41, 5.74) is -3.80. The van der Waals surface area contributed by atoms with Crippen LogP contribution < -0.4 is 0 Å². The van der Waals surface area contributed by atoms with E-state index < -0.39 is 212 Å². The molecule has 0 aromatic rings. The molecule has 30 atom stereocenters. The topological polar surface area (TPSA) is 418 Å². The van der Waals surface area contributed by atoms with E-state index in [1.54, 1.807) is 0 Å². The lowest BCUT2D eigenvalue weighted by atomic mass is 9.33. The minimum Gasteiger partial charge on any atom is -0.481 e. The summed E-state index contributed by atoms with van der Waals surface area (Å²) in [6, 6.07) is 0. The van der Waals surface area contributed by atoms with E-state index in [0.29, 0.717) is 51.4 Å². The maximum atomic E-state index is 15.7. The molecule has 0 amide bonds. The Morgan fingerprint density at radius 2 is 1.17 bits per heavy atom. The second kappa shape index (κ2) is 23.1. The number of hydrogen-bond acceptors (Lipinski definition) is 25. The molecular weight excluding hydrogens is 1090 g/mol. The van der Waals surface area contributed by atoms with Crippen LogP contribution in [0.1, 0.15) is 113 Å². The van der Waals surface area contributed by atoms with Gasteiger partial charge in [-0.25, -0.2) is 0 Å². The SMILES string of the molecule is CC(=O)OCC1OC(OC2C(OC(=O)C34CCC(C)(C)CC3C3=CCC5C6(C)CC(O)C(O)C(C)(C(=O)O)C6CCC5(C)C3(C)CC4)OC(COC3OC(CO)C(OC4OC(C)C(O)C(O)C4O)C(O)C3O)C(O)C2O)C(O)C(O)C1O. The first-order valence-electron chi connectivity index (χ1n) is 28.8. The first-order valence-corrected chi connectivity index (χ1v) is 28.8. The van der Waals surface area contributed by atoms with E-state index in [9.17, 15) is 81.1 Å². The van der Waals surface area contributed by atoms with Gasteiger partial charge in [-0.2, -0.15) is 0 Å². The standard InChI is InChI=1S/C56H88O26/c1-22-32(60)35(63)39(67)46(76-22)80-42-27(19-57)77-45(41(69)38(42)66)75-21-29-34(62)37(65)43(81-47-40(68)36(64)33(61)28(78-47)20-74-23(2)58)48(79-29)82-50(73)56-15-13-51(3,4)17-25(56)24-9-10-30-52(5)18-26(59)44(70)55(8,49(71)72)31(52)11-12-54(30,7)53(24,6)14-16-56/h9,22,25-48,57,59-70H,10-21H2,1-8H3,(H,71,72). The van der Waals surface area contributed by atoms with Crippen molar-refractivity contribution in [2.75, 3.05) is 19.8 Å². The molecule has 0 aromatic heterocycles. The van der Waals surface area contributed by atoms with Gasteiger partial charge in [0.1, 0.15) is 92.1 Å². The summed E-state index contributed by atoms with van der Waals surface area (Å²) in [4.78, 5) is 40.5. The van der Waals surface area contributed by atoms with Crippen molar-refractivity contribution in [3.63, 3.8) is 0 Å². The first-order chi connectivity index (χ1) is 38.2. The van der Waals surface area contributed by atoms with Crippen molar-refractivity contribution >= 4 is 17.9 Å². The molecule has 26 nitrogen and oxygen atoms in total. The van der Waals surface area contributed by atoms with Gasteiger partial charge in [0.2, 0.25) is 6.29 Å². The van der Waals surface area contributed by atoms with Gasteiger partial charge in [0.05, 0.1) is 42.4 Å². The molecule has 4 saturated carbocycles. The summed E-state index contributed by atoms with van der Waals surface area (Å²) in [5, 5.41) is 154. The molecule has 0 radical (unpaired) electrons. The molecule has 5 aliphatic carbocycles. The quantitative estimate of drug-likeness (QED) is 0.0675. The summed E-state index contributed by atoms with van der Waals surface area (Å²) in [7, 11) is 0. The van der Waals surface area contributed by atoms with Crippen molar-refractivity contribution in [2.24, 2.45) is 50.2 Å². The Balaban J connectivity index is 0.999. The zero-order valence-electron chi connectivity index (χ0n) is 47.7. The number of esters is 2. The Morgan fingerprint density at radius 1 is 0.610 bits per heavy atom. The van der Waals surface area contributed by atoms with Crippen LogP contribution in [0.15, 0.2) is 11.6 Å². The molecule has 4 saturated heterocycles. The smallest absolute Gasteiger partial charge is 0.315 e. The maximum absolute atomic E-state index is 15.7. The lowest BCUT2D eigenvalue weighted by Crippen LogP contribution is -2.69. The van der Waals surface area contributed by atoms with Crippen LogP contribution in [0, 0.1) is 50.2 Å². The number of allylic oxidation sites excluding steroid dienone is 2. The Morgan fingerprint density at radius 3 is 1.82 bits per heavy atom. The van der Waals surface area contributed by atoms with Gasteiger partial charge in [-0.3, -0.25) is 14.4 Å². The third-order valence-corrected chi connectivity index (χ3v) is 21.7. The average Bonchev–Trinajstić information content (AvgIpc) is 1.60. The van der Waals surface area contributed by atoms with Gasteiger partial charge in [-0.15, -0.1) is 0 Å². The van der Waals surface area contributed by atoms with Crippen molar-refractivity contribution in [3.05, 3.63) is 11.6 Å². The number of ether oxygens (including phenoxy) is 9. The minimum absolute atomic E-state index is 0.122. The zero-order chi connectivity index (χ0) is 60.3. The molecule has 14 N–H and O–H groups in total. The van der Waals surface area contributed by atoms with Crippen LogP contribution in [-0.2, 0) is 57.0 Å². The number of carbonyl (C=O) groups excluding carboxylic acids is 2. The molecule has 468 valence electrons. The third-order valence-electron chi connectivity index (χ3n) is 21.7. The summed E-state index contributed by atoms with van der Waals surface area (Å²) in [5.74, 6) is -3.70. The van der Waals surface area contributed by atoms with Crippen molar-refractivity contribution in [3.8, 4) is 0 Å². The first kappa shape index (κ1) is 63.8. The van der Waals surface area contributed by atoms with Gasteiger partial charge < -0.3 is 114 Å². The van der Waals surface area contributed by atoms with Gasteiger partial charge in [-0.05, 0) is 111 Å². The molecule has 4 heterocycles. The van der Waals surface area contributed by atoms with Gasteiger partial charge in [0, 0.05) is 6.92 Å². The monoisotopic (exact) mass is 1180 g/mol. The number of carboxylic acids is 1. The number of carboxylic acid groups (broad SMARTS) is 1. The van der Waals surface area contributed by atoms with Crippen LogP contribution in [0.4, 0.5) is 0 Å². The average molecular weight is 1180 g/mol. The Labute approximate surface area is 475 Å². The minimum atomic E-state index is -2.10. The number of aliphatic hydroxyl groups excluding tert-OH is 13. The van der Waals surface area contributed by atoms with E-state index in [4.69, 9.17) is 42.6 Å². The molecule has 9 rings (SSSR count). The van der Waals surface area contributed by atoms with E-state index in [0.717, 1.165) is 12.5 Å². The van der Waals surface area contributed by atoms with E-state index in [-0.39, 0.29) is 17.8 Å².